The van der Waals surface area contributed by atoms with E-state index in [-0.39, 0.29) is 0 Å². The molecule has 2 nitrogen and oxygen atoms in total. The molecule has 1 aromatic carbocycles. The van der Waals surface area contributed by atoms with Crippen LogP contribution in [0.1, 0.15) is 11.1 Å². The van der Waals surface area contributed by atoms with Crippen LogP contribution in [0.4, 0.5) is 5.69 Å². The number of nitriles is 1. The third-order valence-corrected chi connectivity index (χ3v) is 3.52. The van der Waals surface area contributed by atoms with Crippen LogP contribution in [0.15, 0.2) is 35.0 Å². The van der Waals surface area contributed by atoms with Crippen molar-refractivity contribution in [3.63, 3.8) is 0 Å². The first-order chi connectivity index (χ1) is 8.20. The highest BCUT2D eigenvalue weighted by molar-refractivity contribution is 7.07. The van der Waals surface area contributed by atoms with Gasteiger partial charge in [-0.15, -0.1) is 0 Å². The molecule has 2 rings (SSSR count). The maximum Gasteiger partial charge on any atom is 0.0992 e. The third-order valence-electron chi connectivity index (χ3n) is 2.49. The van der Waals surface area contributed by atoms with Gasteiger partial charge in [-0.05, 0) is 40.6 Å². The average Bonchev–Trinajstić information content (AvgIpc) is 2.81. The van der Waals surface area contributed by atoms with Crippen LogP contribution < -0.4 is 4.90 Å². The molecule has 86 valence electrons. The minimum Gasteiger partial charge on any atom is -0.369 e. The number of rotatable bonds is 3. The van der Waals surface area contributed by atoms with Gasteiger partial charge in [-0.1, -0.05) is 11.6 Å². The van der Waals surface area contributed by atoms with Crippen molar-refractivity contribution in [1.29, 1.82) is 5.26 Å². The van der Waals surface area contributed by atoms with Crippen LogP contribution in [0.25, 0.3) is 0 Å². The molecule has 0 atom stereocenters. The van der Waals surface area contributed by atoms with Gasteiger partial charge in [-0.2, -0.15) is 16.6 Å². The van der Waals surface area contributed by atoms with Gasteiger partial charge in [-0.25, -0.2) is 0 Å². The van der Waals surface area contributed by atoms with E-state index in [0.29, 0.717) is 10.6 Å². The molecule has 0 aliphatic carbocycles. The predicted molar refractivity (Wildman–Crippen MR) is 72.6 cm³/mol. The molecule has 0 bridgehead atoms. The van der Waals surface area contributed by atoms with Crippen LogP contribution in [0.2, 0.25) is 5.02 Å². The standard InChI is InChI=1S/C13H11ClN2S/c1-16(8-11-4-5-17-9-11)13-3-2-10(7-15)6-12(13)14/h2-6,9H,8H2,1H3. The van der Waals surface area contributed by atoms with E-state index in [9.17, 15) is 0 Å². The molecule has 0 unspecified atom stereocenters. The van der Waals surface area contributed by atoms with Gasteiger partial charge in [0.25, 0.3) is 0 Å². The third kappa shape index (κ3) is 2.79. The molecule has 0 amide bonds. The molecule has 0 saturated heterocycles. The monoisotopic (exact) mass is 262 g/mol. The molecular formula is C13H11ClN2S. The quantitative estimate of drug-likeness (QED) is 0.839. The lowest BCUT2D eigenvalue weighted by Crippen LogP contribution is -2.16. The molecule has 0 aliphatic heterocycles. The van der Waals surface area contributed by atoms with E-state index in [1.807, 2.05) is 13.1 Å². The summed E-state index contributed by atoms with van der Waals surface area (Å²) in [4.78, 5) is 2.07. The molecule has 0 radical (unpaired) electrons. The molecule has 0 N–H and O–H groups in total. The van der Waals surface area contributed by atoms with Gasteiger partial charge in [0.05, 0.1) is 22.3 Å². The maximum absolute atomic E-state index is 8.78. The van der Waals surface area contributed by atoms with E-state index in [0.717, 1.165) is 12.2 Å². The number of thiophene rings is 1. The number of anilines is 1. The number of halogens is 1. The van der Waals surface area contributed by atoms with E-state index in [1.165, 1.54) is 5.56 Å². The van der Waals surface area contributed by atoms with Crippen molar-refractivity contribution < 1.29 is 0 Å². The maximum atomic E-state index is 8.78. The smallest absolute Gasteiger partial charge is 0.0992 e. The topological polar surface area (TPSA) is 27.0 Å². The summed E-state index contributed by atoms with van der Waals surface area (Å²) >= 11 is 7.84. The van der Waals surface area contributed by atoms with Crippen LogP contribution in [0, 0.1) is 11.3 Å². The summed E-state index contributed by atoms with van der Waals surface area (Å²) in [5.41, 5.74) is 2.79. The summed E-state index contributed by atoms with van der Waals surface area (Å²) in [6.07, 6.45) is 0. The second-order valence-corrected chi connectivity index (χ2v) is 4.95. The Hall–Kier alpha value is -1.50. The van der Waals surface area contributed by atoms with Crippen LogP contribution in [-0.2, 0) is 6.54 Å². The van der Waals surface area contributed by atoms with Gasteiger partial charge in [-0.3, -0.25) is 0 Å². The molecule has 1 aromatic heterocycles. The van der Waals surface area contributed by atoms with Crippen molar-refractivity contribution in [2.75, 3.05) is 11.9 Å². The summed E-state index contributed by atoms with van der Waals surface area (Å²) in [6.45, 7) is 0.815. The highest BCUT2D eigenvalue weighted by Gasteiger charge is 2.07. The van der Waals surface area contributed by atoms with Crippen molar-refractivity contribution in [2.24, 2.45) is 0 Å². The van der Waals surface area contributed by atoms with Gasteiger partial charge in [0.2, 0.25) is 0 Å². The number of hydrogen-bond acceptors (Lipinski definition) is 3. The number of nitrogens with zero attached hydrogens (tertiary/aromatic N) is 2. The van der Waals surface area contributed by atoms with Gasteiger partial charge < -0.3 is 4.90 Å². The fourth-order valence-corrected chi connectivity index (χ4v) is 2.61. The zero-order chi connectivity index (χ0) is 12.3. The van der Waals surface area contributed by atoms with Crippen molar-refractivity contribution >= 4 is 28.6 Å². The Balaban J connectivity index is 2.20. The van der Waals surface area contributed by atoms with Crippen LogP contribution in [0.5, 0.6) is 0 Å². The van der Waals surface area contributed by atoms with E-state index in [4.69, 9.17) is 16.9 Å². The summed E-state index contributed by atoms with van der Waals surface area (Å²) in [5.74, 6) is 0. The Bertz CT molecular complexity index is 543. The van der Waals surface area contributed by atoms with E-state index in [2.05, 4.69) is 27.8 Å². The molecule has 17 heavy (non-hydrogen) atoms. The summed E-state index contributed by atoms with van der Waals surface area (Å²) in [5, 5.41) is 13.6. The molecular weight excluding hydrogens is 252 g/mol. The predicted octanol–water partition coefficient (Wildman–Crippen LogP) is 3.91. The molecule has 1 heterocycles. The molecule has 0 fully saturated rings. The minimum atomic E-state index is 0.586. The fourth-order valence-electron chi connectivity index (χ4n) is 1.63. The lowest BCUT2D eigenvalue weighted by atomic mass is 10.2. The van der Waals surface area contributed by atoms with Crippen molar-refractivity contribution in [2.45, 2.75) is 6.54 Å². The van der Waals surface area contributed by atoms with Gasteiger partial charge in [0, 0.05) is 13.6 Å². The second kappa shape index (κ2) is 5.22. The lowest BCUT2D eigenvalue weighted by molar-refractivity contribution is 0.928. The molecule has 2 aromatic rings. The Morgan fingerprint density at radius 2 is 2.24 bits per heavy atom. The highest BCUT2D eigenvalue weighted by atomic mass is 35.5. The second-order valence-electron chi connectivity index (χ2n) is 3.77. The molecule has 0 aliphatic rings. The zero-order valence-electron chi connectivity index (χ0n) is 9.35. The lowest BCUT2D eigenvalue weighted by Gasteiger charge is -2.20. The van der Waals surface area contributed by atoms with Crippen LogP contribution in [0.3, 0.4) is 0 Å². The molecule has 0 saturated carbocycles. The SMILES string of the molecule is CN(Cc1ccsc1)c1ccc(C#N)cc1Cl. The largest absolute Gasteiger partial charge is 0.369 e. The van der Waals surface area contributed by atoms with Crippen LogP contribution in [-0.4, -0.2) is 7.05 Å². The van der Waals surface area contributed by atoms with Gasteiger partial charge in [0.1, 0.15) is 0 Å². The Kier molecular flexibility index (Phi) is 3.68. The van der Waals surface area contributed by atoms with Gasteiger partial charge in [0.15, 0.2) is 0 Å². The highest BCUT2D eigenvalue weighted by Crippen LogP contribution is 2.27. The van der Waals surface area contributed by atoms with E-state index >= 15 is 0 Å². The minimum absolute atomic E-state index is 0.586. The molecule has 4 heteroatoms. The van der Waals surface area contributed by atoms with Crippen molar-refractivity contribution in [3.8, 4) is 6.07 Å². The Labute approximate surface area is 110 Å². The van der Waals surface area contributed by atoms with Crippen molar-refractivity contribution in [1.82, 2.24) is 0 Å². The van der Waals surface area contributed by atoms with E-state index in [1.54, 1.807) is 23.5 Å². The Morgan fingerprint density at radius 1 is 1.41 bits per heavy atom. The first kappa shape index (κ1) is 12.0. The fraction of sp³-hybridized carbons (Fsp3) is 0.154. The van der Waals surface area contributed by atoms with Crippen molar-refractivity contribution in [3.05, 3.63) is 51.2 Å². The Morgan fingerprint density at radius 3 is 2.82 bits per heavy atom. The zero-order valence-corrected chi connectivity index (χ0v) is 10.9. The van der Waals surface area contributed by atoms with Crippen LogP contribution >= 0.6 is 22.9 Å². The summed E-state index contributed by atoms with van der Waals surface area (Å²) in [7, 11) is 1.99. The number of benzene rings is 1. The first-order valence-corrected chi connectivity index (χ1v) is 6.44. The van der Waals surface area contributed by atoms with E-state index < -0.39 is 0 Å². The summed E-state index contributed by atoms with van der Waals surface area (Å²) < 4.78 is 0. The normalized spacial score (nSPS) is 9.94. The summed E-state index contributed by atoms with van der Waals surface area (Å²) in [6, 6.07) is 9.53. The van der Waals surface area contributed by atoms with Gasteiger partial charge >= 0.3 is 0 Å². The molecule has 0 spiro atoms. The first-order valence-electron chi connectivity index (χ1n) is 5.12. The number of hydrogen-bond donors (Lipinski definition) is 0. The average molecular weight is 263 g/mol.